The van der Waals surface area contributed by atoms with E-state index in [0.717, 1.165) is 0 Å². The average molecular weight is 377 g/mol. The molecule has 0 aliphatic rings. The molecule has 0 fully saturated rings. The maximum absolute atomic E-state index is 12.0. The van der Waals surface area contributed by atoms with Crippen molar-refractivity contribution in [2.24, 2.45) is 0 Å². The molecule has 2 rings (SSSR count). The molecule has 0 saturated heterocycles. The topological polar surface area (TPSA) is 88.4 Å². The molecule has 0 atom stereocenters. The van der Waals surface area contributed by atoms with E-state index in [1.165, 1.54) is 18.4 Å². The van der Waals surface area contributed by atoms with Crippen molar-refractivity contribution in [2.45, 2.75) is 12.3 Å². The first-order valence-electron chi connectivity index (χ1n) is 6.56. The number of hydrogen-bond donors (Lipinski definition) is 2. The highest BCUT2D eigenvalue weighted by molar-refractivity contribution is 7.88. The van der Waals surface area contributed by atoms with Crippen LogP contribution in [0.25, 0.3) is 0 Å². The number of carbonyl (C=O) groups excluding carboxylic acids is 1. The van der Waals surface area contributed by atoms with E-state index < -0.39 is 15.9 Å². The van der Waals surface area contributed by atoms with E-state index in [2.05, 4.69) is 10.0 Å². The minimum Gasteiger partial charge on any atom is -0.467 e. The number of carbonyl (C=O) groups is 1. The van der Waals surface area contributed by atoms with E-state index in [0.29, 0.717) is 16.3 Å². The summed E-state index contributed by atoms with van der Waals surface area (Å²) in [6, 6.07) is 7.94. The predicted octanol–water partition coefficient (Wildman–Crippen LogP) is 2.32. The molecule has 0 unspecified atom stereocenters. The zero-order valence-electron chi connectivity index (χ0n) is 11.9. The van der Waals surface area contributed by atoms with Gasteiger partial charge in [0.1, 0.15) is 5.76 Å². The second kappa shape index (κ2) is 7.83. The fourth-order valence-electron chi connectivity index (χ4n) is 1.73. The molecule has 0 spiro atoms. The highest BCUT2D eigenvalue weighted by atomic mass is 35.5. The molecule has 1 amide bonds. The number of nitrogens with one attached hydrogen (secondary N) is 2. The smallest absolute Gasteiger partial charge is 0.235 e. The van der Waals surface area contributed by atoms with E-state index >= 15 is 0 Å². The Hall–Kier alpha value is -1.54. The molecule has 1 aromatic heterocycles. The summed E-state index contributed by atoms with van der Waals surface area (Å²) in [5, 5.41) is 3.21. The van der Waals surface area contributed by atoms with Crippen LogP contribution in [-0.4, -0.2) is 20.9 Å². The summed E-state index contributed by atoms with van der Waals surface area (Å²) >= 11 is 11.7. The number of amides is 1. The van der Waals surface area contributed by atoms with Crippen LogP contribution in [0.1, 0.15) is 11.3 Å². The quantitative estimate of drug-likeness (QED) is 0.775. The molecular formula is C14H14Cl2N2O4S. The fourth-order valence-corrected chi connectivity index (χ4v) is 3.40. The maximum atomic E-state index is 12.0. The van der Waals surface area contributed by atoms with Gasteiger partial charge in [0.15, 0.2) is 0 Å². The Labute approximate surface area is 143 Å². The number of halogens is 2. The molecule has 0 radical (unpaired) electrons. The maximum Gasteiger partial charge on any atom is 0.235 e. The second-order valence-electron chi connectivity index (χ2n) is 4.67. The number of furan rings is 1. The zero-order chi connectivity index (χ0) is 16.9. The van der Waals surface area contributed by atoms with Crippen molar-refractivity contribution in [3.8, 4) is 0 Å². The van der Waals surface area contributed by atoms with E-state index in [-0.39, 0.29) is 23.9 Å². The Kier molecular flexibility index (Phi) is 6.06. The molecule has 0 aliphatic heterocycles. The van der Waals surface area contributed by atoms with Gasteiger partial charge in [-0.3, -0.25) is 4.79 Å². The third kappa shape index (κ3) is 5.87. The lowest BCUT2D eigenvalue weighted by Gasteiger charge is -2.08. The lowest BCUT2D eigenvalue weighted by Crippen LogP contribution is -2.37. The average Bonchev–Trinajstić information content (AvgIpc) is 2.99. The van der Waals surface area contributed by atoms with Gasteiger partial charge in [-0.05, 0) is 29.8 Å². The van der Waals surface area contributed by atoms with Gasteiger partial charge in [-0.15, -0.1) is 0 Å². The van der Waals surface area contributed by atoms with Gasteiger partial charge in [-0.1, -0.05) is 29.3 Å². The van der Waals surface area contributed by atoms with Crippen molar-refractivity contribution in [2.75, 3.05) is 6.54 Å². The minimum absolute atomic E-state index is 0.191. The van der Waals surface area contributed by atoms with E-state index in [4.69, 9.17) is 27.6 Å². The summed E-state index contributed by atoms with van der Waals surface area (Å²) in [5.41, 5.74) is 0.402. The molecule has 2 N–H and O–H groups in total. The number of rotatable bonds is 7. The monoisotopic (exact) mass is 376 g/mol. The number of benzene rings is 1. The largest absolute Gasteiger partial charge is 0.467 e. The Morgan fingerprint density at radius 3 is 2.65 bits per heavy atom. The molecule has 9 heteroatoms. The van der Waals surface area contributed by atoms with Crippen molar-refractivity contribution < 1.29 is 17.6 Å². The van der Waals surface area contributed by atoms with Gasteiger partial charge in [0, 0.05) is 10.0 Å². The summed E-state index contributed by atoms with van der Waals surface area (Å²) in [7, 11) is -3.70. The SMILES string of the molecule is O=C(CNS(=O)(=O)Cc1ccc(Cl)cc1Cl)NCc1ccco1. The number of sulfonamides is 1. The van der Waals surface area contributed by atoms with Crippen LogP contribution in [0.5, 0.6) is 0 Å². The molecule has 6 nitrogen and oxygen atoms in total. The Morgan fingerprint density at radius 2 is 2.00 bits per heavy atom. The van der Waals surface area contributed by atoms with Crippen LogP contribution in [0.3, 0.4) is 0 Å². The predicted molar refractivity (Wildman–Crippen MR) is 87.6 cm³/mol. The van der Waals surface area contributed by atoms with Crippen molar-refractivity contribution in [3.63, 3.8) is 0 Å². The van der Waals surface area contributed by atoms with E-state index in [1.807, 2.05) is 0 Å². The molecule has 124 valence electrons. The van der Waals surface area contributed by atoms with Crippen LogP contribution < -0.4 is 10.0 Å². The van der Waals surface area contributed by atoms with E-state index in [9.17, 15) is 13.2 Å². The molecule has 0 bridgehead atoms. The first-order valence-corrected chi connectivity index (χ1v) is 8.97. The molecule has 2 aromatic rings. The van der Waals surface area contributed by atoms with Crippen LogP contribution >= 0.6 is 23.2 Å². The molecule has 0 saturated carbocycles. The molecule has 0 aliphatic carbocycles. The van der Waals surface area contributed by atoms with Crippen molar-refractivity contribution >= 4 is 39.1 Å². The molecular weight excluding hydrogens is 363 g/mol. The van der Waals surface area contributed by atoms with Crippen molar-refractivity contribution in [1.29, 1.82) is 0 Å². The molecule has 1 heterocycles. The normalized spacial score (nSPS) is 11.4. The fraction of sp³-hybridized carbons (Fsp3) is 0.214. The minimum atomic E-state index is -3.70. The third-order valence-corrected chi connectivity index (χ3v) is 4.72. The first kappa shape index (κ1) is 17.8. The van der Waals surface area contributed by atoms with Crippen LogP contribution in [0, 0.1) is 0 Å². The zero-order valence-corrected chi connectivity index (χ0v) is 14.2. The van der Waals surface area contributed by atoms with Gasteiger partial charge < -0.3 is 9.73 Å². The van der Waals surface area contributed by atoms with Crippen LogP contribution in [0.15, 0.2) is 41.0 Å². The van der Waals surface area contributed by atoms with E-state index in [1.54, 1.807) is 18.2 Å². The van der Waals surface area contributed by atoms with Gasteiger partial charge in [0.2, 0.25) is 15.9 Å². The molecule has 23 heavy (non-hydrogen) atoms. The summed E-state index contributed by atoms with van der Waals surface area (Å²) in [4.78, 5) is 11.6. The summed E-state index contributed by atoms with van der Waals surface area (Å²) in [6.07, 6.45) is 1.49. The Bertz CT molecular complexity index is 776. The Morgan fingerprint density at radius 1 is 1.22 bits per heavy atom. The highest BCUT2D eigenvalue weighted by Crippen LogP contribution is 2.22. The summed E-state index contributed by atoms with van der Waals surface area (Å²) in [6.45, 7) is -0.176. The third-order valence-electron chi connectivity index (χ3n) is 2.85. The summed E-state index contributed by atoms with van der Waals surface area (Å²) in [5.74, 6) is -0.226. The number of hydrogen-bond acceptors (Lipinski definition) is 4. The second-order valence-corrected chi connectivity index (χ2v) is 7.32. The van der Waals surface area contributed by atoms with Crippen LogP contribution in [-0.2, 0) is 27.1 Å². The van der Waals surface area contributed by atoms with Crippen molar-refractivity contribution in [1.82, 2.24) is 10.0 Å². The standard InChI is InChI=1S/C14H14Cl2N2O4S/c15-11-4-3-10(13(16)6-11)9-23(20,21)18-8-14(19)17-7-12-2-1-5-22-12/h1-6,18H,7-9H2,(H,17,19). The van der Waals surface area contributed by atoms with Gasteiger partial charge in [-0.2, -0.15) is 0 Å². The van der Waals surface area contributed by atoms with Crippen LogP contribution in [0.2, 0.25) is 10.0 Å². The van der Waals surface area contributed by atoms with Gasteiger partial charge in [0.05, 0.1) is 25.1 Å². The van der Waals surface area contributed by atoms with Gasteiger partial charge in [0.25, 0.3) is 0 Å². The first-order chi connectivity index (χ1) is 10.9. The Balaban J connectivity index is 1.84. The van der Waals surface area contributed by atoms with Gasteiger partial charge in [-0.25, -0.2) is 13.1 Å². The van der Waals surface area contributed by atoms with Gasteiger partial charge >= 0.3 is 0 Å². The highest BCUT2D eigenvalue weighted by Gasteiger charge is 2.15. The lowest BCUT2D eigenvalue weighted by molar-refractivity contribution is -0.120. The van der Waals surface area contributed by atoms with Crippen molar-refractivity contribution in [3.05, 3.63) is 58.0 Å². The summed E-state index contributed by atoms with van der Waals surface area (Å²) < 4.78 is 31.2. The lowest BCUT2D eigenvalue weighted by atomic mass is 10.2. The molecule has 1 aromatic carbocycles. The van der Waals surface area contributed by atoms with Crippen LogP contribution in [0.4, 0.5) is 0 Å².